The summed E-state index contributed by atoms with van der Waals surface area (Å²) < 4.78 is 0. The topological polar surface area (TPSA) is 78.6 Å². The highest BCUT2D eigenvalue weighted by atomic mass is 32.1. The lowest BCUT2D eigenvalue weighted by atomic mass is 10.1. The van der Waals surface area contributed by atoms with Gasteiger partial charge in [0.05, 0.1) is 12.1 Å². The van der Waals surface area contributed by atoms with Crippen LogP contribution in [0.1, 0.15) is 26.3 Å². The molecule has 0 radical (unpaired) electrons. The Kier molecular flexibility index (Phi) is 6.26. The number of amides is 1. The SMILES string of the molecule is CCN(CC(=O)Nc1cccc(C(N)=S)c1)CC(C)(C)O. The molecule has 0 atom stereocenters. The number of benzene rings is 1. The van der Waals surface area contributed by atoms with Crippen molar-refractivity contribution < 1.29 is 9.90 Å². The number of carbonyl (C=O) groups excluding carboxylic acids is 1. The van der Waals surface area contributed by atoms with Gasteiger partial charge in [0.1, 0.15) is 4.99 Å². The molecule has 0 spiro atoms. The molecule has 0 saturated heterocycles. The molecule has 1 aromatic rings. The molecule has 1 amide bonds. The highest BCUT2D eigenvalue weighted by Gasteiger charge is 2.19. The summed E-state index contributed by atoms with van der Waals surface area (Å²) in [5, 5.41) is 12.6. The summed E-state index contributed by atoms with van der Waals surface area (Å²) in [5.41, 5.74) is 6.11. The molecule has 21 heavy (non-hydrogen) atoms. The van der Waals surface area contributed by atoms with E-state index in [1.807, 2.05) is 11.8 Å². The molecule has 116 valence electrons. The van der Waals surface area contributed by atoms with Crippen LogP contribution in [0.4, 0.5) is 5.69 Å². The van der Waals surface area contributed by atoms with Gasteiger partial charge in [-0.25, -0.2) is 0 Å². The van der Waals surface area contributed by atoms with Crippen molar-refractivity contribution >= 4 is 28.8 Å². The first kappa shape index (κ1) is 17.6. The number of anilines is 1. The van der Waals surface area contributed by atoms with Crippen LogP contribution in [-0.2, 0) is 4.79 Å². The Morgan fingerprint density at radius 2 is 2.14 bits per heavy atom. The first-order chi connectivity index (χ1) is 9.71. The predicted molar refractivity (Wildman–Crippen MR) is 89.4 cm³/mol. The van der Waals surface area contributed by atoms with E-state index in [1.165, 1.54) is 0 Å². The Morgan fingerprint density at radius 1 is 1.48 bits per heavy atom. The van der Waals surface area contributed by atoms with Crippen molar-refractivity contribution in [3.63, 3.8) is 0 Å². The first-order valence-corrected chi connectivity index (χ1v) is 7.26. The van der Waals surface area contributed by atoms with Crippen LogP contribution in [0.2, 0.25) is 0 Å². The highest BCUT2D eigenvalue weighted by molar-refractivity contribution is 7.80. The highest BCUT2D eigenvalue weighted by Crippen LogP contribution is 2.11. The largest absolute Gasteiger partial charge is 0.389 e. The monoisotopic (exact) mass is 309 g/mol. The van der Waals surface area contributed by atoms with Crippen molar-refractivity contribution in [1.82, 2.24) is 4.90 Å². The second kappa shape index (κ2) is 7.49. The van der Waals surface area contributed by atoms with E-state index >= 15 is 0 Å². The molecule has 6 heteroatoms. The van der Waals surface area contributed by atoms with E-state index in [9.17, 15) is 9.90 Å². The number of aliphatic hydroxyl groups is 1. The molecule has 1 aromatic carbocycles. The molecule has 0 bridgehead atoms. The summed E-state index contributed by atoms with van der Waals surface area (Å²) >= 11 is 4.91. The van der Waals surface area contributed by atoms with Crippen molar-refractivity contribution in [2.24, 2.45) is 5.73 Å². The van der Waals surface area contributed by atoms with Crippen molar-refractivity contribution in [3.05, 3.63) is 29.8 Å². The Bertz CT molecular complexity index is 512. The number of nitrogens with two attached hydrogens (primary N) is 1. The van der Waals surface area contributed by atoms with Gasteiger partial charge in [0.2, 0.25) is 5.91 Å². The van der Waals surface area contributed by atoms with E-state index in [2.05, 4.69) is 5.32 Å². The maximum atomic E-state index is 12.1. The van der Waals surface area contributed by atoms with Crippen LogP contribution in [0, 0.1) is 0 Å². The van der Waals surface area contributed by atoms with Crippen molar-refractivity contribution in [1.29, 1.82) is 0 Å². The van der Waals surface area contributed by atoms with Crippen molar-refractivity contribution in [2.45, 2.75) is 26.4 Å². The fourth-order valence-electron chi connectivity index (χ4n) is 1.98. The number of hydrogen-bond acceptors (Lipinski definition) is 4. The maximum Gasteiger partial charge on any atom is 0.238 e. The minimum Gasteiger partial charge on any atom is -0.389 e. The third-order valence-electron chi connectivity index (χ3n) is 2.86. The van der Waals surface area contributed by atoms with Gasteiger partial charge in [-0.2, -0.15) is 0 Å². The molecular formula is C15H23N3O2S. The molecule has 0 saturated carbocycles. The van der Waals surface area contributed by atoms with Gasteiger partial charge < -0.3 is 16.2 Å². The number of thiocarbonyl (C=S) groups is 1. The van der Waals surface area contributed by atoms with Gasteiger partial charge in [-0.1, -0.05) is 31.3 Å². The molecular weight excluding hydrogens is 286 g/mol. The van der Waals surface area contributed by atoms with E-state index in [0.29, 0.717) is 29.3 Å². The van der Waals surface area contributed by atoms with Crippen LogP contribution < -0.4 is 11.1 Å². The molecule has 0 fully saturated rings. The van der Waals surface area contributed by atoms with Crippen LogP contribution in [0.3, 0.4) is 0 Å². The standard InChI is InChI=1S/C15H23N3O2S/c1-4-18(10-15(2,3)20)9-13(19)17-12-7-5-6-11(8-12)14(16)21/h5-8,20H,4,9-10H2,1-3H3,(H2,16,21)(H,17,19). The minimum absolute atomic E-state index is 0.138. The normalized spacial score (nSPS) is 11.5. The van der Waals surface area contributed by atoms with Crippen molar-refractivity contribution in [2.75, 3.05) is 25.0 Å². The summed E-state index contributed by atoms with van der Waals surface area (Å²) in [5.74, 6) is -0.138. The Balaban J connectivity index is 2.64. The fourth-order valence-corrected chi connectivity index (χ4v) is 2.11. The second-order valence-corrected chi connectivity index (χ2v) is 6.05. The Labute approximate surface area is 131 Å². The van der Waals surface area contributed by atoms with Crippen LogP contribution in [0.5, 0.6) is 0 Å². The molecule has 5 nitrogen and oxygen atoms in total. The molecule has 0 aliphatic rings. The van der Waals surface area contributed by atoms with E-state index in [4.69, 9.17) is 18.0 Å². The first-order valence-electron chi connectivity index (χ1n) is 6.85. The average molecular weight is 309 g/mol. The molecule has 0 aliphatic carbocycles. The molecule has 4 N–H and O–H groups in total. The summed E-state index contributed by atoms with van der Waals surface area (Å²) in [6, 6.07) is 7.11. The molecule has 1 rings (SSSR count). The smallest absolute Gasteiger partial charge is 0.238 e. The number of rotatable bonds is 7. The summed E-state index contributed by atoms with van der Waals surface area (Å²) in [7, 11) is 0. The van der Waals surface area contributed by atoms with Crippen molar-refractivity contribution in [3.8, 4) is 0 Å². The Hall–Kier alpha value is -1.50. The quantitative estimate of drug-likeness (QED) is 0.663. The van der Waals surface area contributed by atoms with Gasteiger partial charge in [-0.3, -0.25) is 9.69 Å². The van der Waals surface area contributed by atoms with Gasteiger partial charge in [0, 0.05) is 17.8 Å². The van der Waals surface area contributed by atoms with E-state index < -0.39 is 5.60 Å². The van der Waals surface area contributed by atoms with Gasteiger partial charge in [-0.15, -0.1) is 0 Å². The summed E-state index contributed by atoms with van der Waals surface area (Å²) in [6.45, 7) is 6.73. The number of nitrogens with zero attached hydrogens (tertiary/aromatic N) is 1. The number of nitrogens with one attached hydrogen (secondary N) is 1. The summed E-state index contributed by atoms with van der Waals surface area (Å²) in [4.78, 5) is 14.2. The van der Waals surface area contributed by atoms with E-state index in [0.717, 1.165) is 0 Å². The molecule has 0 aromatic heterocycles. The Morgan fingerprint density at radius 3 is 2.67 bits per heavy atom. The van der Waals surface area contributed by atoms with Crippen LogP contribution >= 0.6 is 12.2 Å². The molecule has 0 heterocycles. The average Bonchev–Trinajstić information content (AvgIpc) is 2.36. The van der Waals surface area contributed by atoms with Gasteiger partial charge >= 0.3 is 0 Å². The number of carbonyl (C=O) groups is 1. The van der Waals surface area contributed by atoms with Gasteiger partial charge in [0.25, 0.3) is 0 Å². The lowest BCUT2D eigenvalue weighted by Crippen LogP contribution is -2.42. The third-order valence-corrected chi connectivity index (χ3v) is 3.09. The minimum atomic E-state index is -0.831. The lowest BCUT2D eigenvalue weighted by molar-refractivity contribution is -0.117. The van der Waals surface area contributed by atoms with Crippen LogP contribution in [0.15, 0.2) is 24.3 Å². The number of hydrogen-bond donors (Lipinski definition) is 3. The van der Waals surface area contributed by atoms with Crippen LogP contribution in [-0.4, -0.2) is 46.1 Å². The maximum absolute atomic E-state index is 12.1. The van der Waals surface area contributed by atoms with E-state index in [-0.39, 0.29) is 12.5 Å². The predicted octanol–water partition coefficient (Wildman–Crippen LogP) is 1.35. The lowest BCUT2D eigenvalue weighted by Gasteiger charge is -2.27. The molecule has 0 unspecified atom stereocenters. The second-order valence-electron chi connectivity index (χ2n) is 5.61. The third kappa shape index (κ3) is 6.66. The zero-order valence-corrected chi connectivity index (χ0v) is 13.5. The van der Waals surface area contributed by atoms with Gasteiger partial charge in [0.15, 0.2) is 0 Å². The van der Waals surface area contributed by atoms with Crippen LogP contribution in [0.25, 0.3) is 0 Å². The van der Waals surface area contributed by atoms with Gasteiger partial charge in [-0.05, 0) is 32.5 Å². The van der Waals surface area contributed by atoms with E-state index in [1.54, 1.807) is 38.1 Å². The zero-order chi connectivity index (χ0) is 16.0. The molecule has 0 aliphatic heterocycles. The fraction of sp³-hybridized carbons (Fsp3) is 0.467. The summed E-state index contributed by atoms with van der Waals surface area (Å²) in [6.07, 6.45) is 0. The number of likely N-dealkylation sites (N-methyl/N-ethyl adjacent to an activating group) is 1. The zero-order valence-electron chi connectivity index (χ0n) is 12.7.